The molecule has 0 atom stereocenters. The van der Waals surface area contributed by atoms with Crippen molar-refractivity contribution in [3.63, 3.8) is 0 Å². The van der Waals surface area contributed by atoms with Gasteiger partial charge in [0.1, 0.15) is 5.82 Å². The molecule has 0 aliphatic carbocycles. The normalized spacial score (nSPS) is 13.0. The molecule has 4 rings (SSSR count). The summed E-state index contributed by atoms with van der Waals surface area (Å²) in [6.07, 6.45) is -0.150. The van der Waals surface area contributed by atoms with Gasteiger partial charge in [-0.1, -0.05) is 12.1 Å². The van der Waals surface area contributed by atoms with Crippen LogP contribution in [0.15, 0.2) is 30.3 Å². The number of hydrogen-bond donors (Lipinski definition) is 1. The Balaban J connectivity index is 2.00. The Bertz CT molecular complexity index is 1210. The molecular weight excluding hydrogens is 409 g/mol. The Hall–Kier alpha value is -3.35. The molecule has 1 aliphatic heterocycles. The summed E-state index contributed by atoms with van der Waals surface area (Å²) in [6, 6.07) is 8.27. The number of rotatable bonds is 6. The van der Waals surface area contributed by atoms with Gasteiger partial charge >= 0.3 is 5.97 Å². The lowest BCUT2D eigenvalue weighted by molar-refractivity contribution is -0.136. The number of benzene rings is 2. The van der Waals surface area contributed by atoms with Crippen LogP contribution in [0.1, 0.15) is 23.7 Å². The highest BCUT2D eigenvalue weighted by Crippen LogP contribution is 2.44. The van der Waals surface area contributed by atoms with Crippen LogP contribution in [0.2, 0.25) is 0 Å². The number of likely N-dealkylation sites (N-methyl/N-ethyl adjacent to an activating group) is 1. The van der Waals surface area contributed by atoms with Crippen molar-refractivity contribution in [2.24, 2.45) is 0 Å². The first-order valence-corrected chi connectivity index (χ1v) is 10.8. The zero-order valence-electron chi connectivity index (χ0n) is 18.9. The maximum absolute atomic E-state index is 13.6. The number of amides is 1. The van der Waals surface area contributed by atoms with Crippen LogP contribution in [-0.4, -0.2) is 53.1 Å². The SMILES string of the molecule is CCN(C)C(=O)CN1CCn2c(C)cc3c(-c4ccc(F)cc4)c(CC(=O)O)c(C)c1c32. The molecule has 6 nitrogen and oxygen atoms in total. The molecule has 0 unspecified atom stereocenters. The second-order valence-corrected chi connectivity index (χ2v) is 8.43. The van der Waals surface area contributed by atoms with Crippen molar-refractivity contribution in [2.45, 2.75) is 33.7 Å². The molecule has 0 spiro atoms. The number of aryl methyl sites for hydroxylation is 1. The van der Waals surface area contributed by atoms with Crippen LogP contribution >= 0.6 is 0 Å². The predicted molar refractivity (Wildman–Crippen MR) is 124 cm³/mol. The number of nitrogens with zero attached hydrogens (tertiary/aromatic N) is 3. The van der Waals surface area contributed by atoms with Gasteiger partial charge in [-0.25, -0.2) is 4.39 Å². The minimum atomic E-state index is -0.927. The summed E-state index contributed by atoms with van der Waals surface area (Å²) < 4.78 is 15.9. The van der Waals surface area contributed by atoms with Crippen LogP contribution in [0.3, 0.4) is 0 Å². The van der Waals surface area contributed by atoms with Crippen LogP contribution in [-0.2, 0) is 22.6 Å². The molecule has 1 N–H and O–H groups in total. The molecule has 0 radical (unpaired) electrons. The molecule has 0 bridgehead atoms. The second kappa shape index (κ2) is 8.30. The van der Waals surface area contributed by atoms with Gasteiger partial charge in [0.05, 0.1) is 24.2 Å². The summed E-state index contributed by atoms with van der Waals surface area (Å²) in [6.45, 7) is 8.19. The summed E-state index contributed by atoms with van der Waals surface area (Å²) >= 11 is 0. The minimum absolute atomic E-state index is 0.0270. The number of aromatic nitrogens is 1. The first kappa shape index (κ1) is 21.9. The fourth-order valence-corrected chi connectivity index (χ4v) is 4.74. The summed E-state index contributed by atoms with van der Waals surface area (Å²) in [5, 5.41) is 10.6. The van der Waals surface area contributed by atoms with Crippen molar-refractivity contribution < 1.29 is 19.1 Å². The Morgan fingerprint density at radius 3 is 2.47 bits per heavy atom. The molecule has 2 heterocycles. The quantitative estimate of drug-likeness (QED) is 0.633. The monoisotopic (exact) mass is 437 g/mol. The topological polar surface area (TPSA) is 65.8 Å². The van der Waals surface area contributed by atoms with Gasteiger partial charge in [0.2, 0.25) is 5.91 Å². The number of carboxylic acids is 1. The van der Waals surface area contributed by atoms with E-state index < -0.39 is 5.97 Å². The maximum Gasteiger partial charge on any atom is 0.307 e. The first-order valence-electron chi connectivity index (χ1n) is 10.8. The molecule has 1 aliphatic rings. The Morgan fingerprint density at radius 2 is 1.84 bits per heavy atom. The highest BCUT2D eigenvalue weighted by molar-refractivity contribution is 6.07. The summed E-state index contributed by atoms with van der Waals surface area (Å²) in [4.78, 5) is 28.3. The summed E-state index contributed by atoms with van der Waals surface area (Å²) in [7, 11) is 1.79. The summed E-state index contributed by atoms with van der Waals surface area (Å²) in [5.41, 5.74) is 6.16. The fraction of sp³-hybridized carbons (Fsp3) is 0.360. The van der Waals surface area contributed by atoms with Crippen molar-refractivity contribution in [1.29, 1.82) is 0 Å². The third-order valence-corrected chi connectivity index (χ3v) is 6.50. The van der Waals surface area contributed by atoms with Gasteiger partial charge in [0, 0.05) is 37.8 Å². The van der Waals surface area contributed by atoms with Crippen molar-refractivity contribution >= 4 is 28.5 Å². The highest BCUT2D eigenvalue weighted by Gasteiger charge is 2.30. The highest BCUT2D eigenvalue weighted by atomic mass is 19.1. The van der Waals surface area contributed by atoms with E-state index in [9.17, 15) is 19.1 Å². The number of hydrogen-bond acceptors (Lipinski definition) is 3. The van der Waals surface area contributed by atoms with E-state index in [1.165, 1.54) is 12.1 Å². The number of aliphatic carboxylic acids is 1. The maximum atomic E-state index is 13.6. The van der Waals surface area contributed by atoms with Gasteiger partial charge in [-0.2, -0.15) is 0 Å². The zero-order valence-corrected chi connectivity index (χ0v) is 18.9. The van der Waals surface area contributed by atoms with Crippen molar-refractivity contribution in [3.05, 3.63) is 53.0 Å². The van der Waals surface area contributed by atoms with Crippen molar-refractivity contribution in [1.82, 2.24) is 9.47 Å². The van der Waals surface area contributed by atoms with Gasteiger partial charge in [-0.15, -0.1) is 0 Å². The van der Waals surface area contributed by atoms with Gasteiger partial charge in [-0.05, 0) is 61.2 Å². The van der Waals surface area contributed by atoms with Crippen LogP contribution in [0.25, 0.3) is 22.0 Å². The second-order valence-electron chi connectivity index (χ2n) is 8.43. The molecule has 7 heteroatoms. The number of carboxylic acid groups (broad SMARTS) is 1. The molecule has 0 saturated heterocycles. The van der Waals surface area contributed by atoms with Gasteiger partial charge < -0.3 is 19.5 Å². The molecule has 1 aromatic heterocycles. The van der Waals surface area contributed by atoms with E-state index in [4.69, 9.17) is 0 Å². The largest absolute Gasteiger partial charge is 0.481 e. The number of anilines is 1. The Labute approximate surface area is 186 Å². The van der Waals surface area contributed by atoms with Gasteiger partial charge in [0.15, 0.2) is 0 Å². The molecule has 0 fully saturated rings. The van der Waals surface area contributed by atoms with Crippen LogP contribution in [0.5, 0.6) is 0 Å². The molecule has 3 aromatic rings. The van der Waals surface area contributed by atoms with Crippen molar-refractivity contribution in [2.75, 3.05) is 31.6 Å². The van der Waals surface area contributed by atoms with E-state index in [1.807, 2.05) is 20.8 Å². The lowest BCUT2D eigenvalue weighted by Crippen LogP contribution is -2.42. The van der Waals surface area contributed by atoms with E-state index in [2.05, 4.69) is 15.5 Å². The number of carbonyl (C=O) groups excluding carboxylic acids is 1. The lowest BCUT2D eigenvalue weighted by Gasteiger charge is -2.34. The Morgan fingerprint density at radius 1 is 1.16 bits per heavy atom. The standard InChI is InChI=1S/C25H28FN3O3/c1-5-27(4)21(30)14-28-10-11-29-15(2)12-20-23(17-6-8-18(26)9-7-17)19(13-22(31)32)16(3)24(28)25(20)29/h6-9,12H,5,10-11,13-14H2,1-4H3,(H,31,32). The average Bonchev–Trinajstić information content (AvgIpc) is 3.09. The molecule has 1 amide bonds. The van der Waals surface area contributed by atoms with Crippen LogP contribution in [0, 0.1) is 19.7 Å². The van der Waals surface area contributed by atoms with Crippen molar-refractivity contribution in [3.8, 4) is 11.1 Å². The molecular formula is C25H28FN3O3. The van der Waals surface area contributed by atoms with E-state index in [0.29, 0.717) is 18.7 Å². The fourth-order valence-electron chi connectivity index (χ4n) is 4.74. The predicted octanol–water partition coefficient (Wildman–Crippen LogP) is 3.99. The van der Waals surface area contributed by atoms with Gasteiger partial charge in [0.25, 0.3) is 0 Å². The van der Waals surface area contributed by atoms with E-state index >= 15 is 0 Å². The molecule has 0 saturated carbocycles. The molecule has 168 valence electrons. The molecule has 2 aromatic carbocycles. The van der Waals surface area contributed by atoms with E-state index in [0.717, 1.165) is 45.5 Å². The summed E-state index contributed by atoms with van der Waals surface area (Å²) in [5.74, 6) is -1.24. The lowest BCUT2D eigenvalue weighted by atomic mass is 9.88. The zero-order chi connectivity index (χ0) is 23.2. The van der Waals surface area contributed by atoms with Crippen LogP contribution in [0.4, 0.5) is 10.1 Å². The third-order valence-electron chi connectivity index (χ3n) is 6.50. The number of carbonyl (C=O) groups is 2. The van der Waals surface area contributed by atoms with Crippen LogP contribution < -0.4 is 4.90 Å². The molecule has 32 heavy (non-hydrogen) atoms. The third kappa shape index (κ3) is 3.61. The minimum Gasteiger partial charge on any atom is -0.481 e. The van der Waals surface area contributed by atoms with E-state index in [1.54, 1.807) is 24.1 Å². The van der Waals surface area contributed by atoms with E-state index in [-0.39, 0.29) is 24.7 Å². The first-order chi connectivity index (χ1) is 15.2. The average molecular weight is 438 g/mol. The Kier molecular flexibility index (Phi) is 5.67. The van der Waals surface area contributed by atoms with Gasteiger partial charge in [-0.3, -0.25) is 9.59 Å². The number of halogens is 1. The smallest absolute Gasteiger partial charge is 0.307 e.